The fourth-order valence-corrected chi connectivity index (χ4v) is 6.07. The van der Waals surface area contributed by atoms with Crippen LogP contribution in [-0.4, -0.2) is 41.9 Å². The molecular weight excluding hydrogens is 470 g/mol. The first-order valence-electron chi connectivity index (χ1n) is 9.65. The molecule has 3 aromatic rings. The molecule has 1 atom stereocenters. The van der Waals surface area contributed by atoms with Gasteiger partial charge < -0.3 is 9.30 Å². The molecule has 0 aliphatic carbocycles. The predicted octanol–water partition coefficient (Wildman–Crippen LogP) is 4.04. The summed E-state index contributed by atoms with van der Waals surface area (Å²) in [5.41, 5.74) is 1.98. The van der Waals surface area contributed by atoms with Crippen LogP contribution >= 0.6 is 15.9 Å². The van der Waals surface area contributed by atoms with E-state index in [-0.39, 0.29) is 16.5 Å². The van der Waals surface area contributed by atoms with E-state index in [4.69, 9.17) is 9.72 Å². The summed E-state index contributed by atoms with van der Waals surface area (Å²) in [4.78, 5) is 16.9. The van der Waals surface area contributed by atoms with E-state index in [0.29, 0.717) is 17.4 Å². The van der Waals surface area contributed by atoms with Crippen LogP contribution < -0.4 is 0 Å². The zero-order valence-electron chi connectivity index (χ0n) is 16.7. The van der Waals surface area contributed by atoms with E-state index in [9.17, 15) is 13.2 Å². The SMILES string of the molecule is COC(=O)c1cc(S(=O)(=O)N2CCCCC2c2nc3ccccc3n2C)ccc1Br. The molecule has 0 radical (unpaired) electrons. The second-order valence-electron chi connectivity index (χ2n) is 7.28. The summed E-state index contributed by atoms with van der Waals surface area (Å²) in [7, 11) is -0.661. The maximum atomic E-state index is 13.6. The smallest absolute Gasteiger partial charge is 0.339 e. The van der Waals surface area contributed by atoms with Crippen molar-refractivity contribution in [1.82, 2.24) is 13.9 Å². The highest BCUT2D eigenvalue weighted by Crippen LogP contribution is 2.36. The minimum absolute atomic E-state index is 0.0664. The molecule has 1 aliphatic rings. The number of nitrogens with zero attached hydrogens (tertiary/aromatic N) is 3. The third-order valence-corrected chi connectivity index (χ3v) is 8.12. The van der Waals surface area contributed by atoms with Crippen LogP contribution in [0.1, 0.15) is 41.5 Å². The van der Waals surface area contributed by atoms with E-state index < -0.39 is 16.0 Å². The summed E-state index contributed by atoms with van der Waals surface area (Å²) < 4.78 is 35.9. The molecule has 1 aliphatic heterocycles. The Hall–Kier alpha value is -2.23. The molecule has 2 heterocycles. The molecular formula is C21H22BrN3O4S. The van der Waals surface area contributed by atoms with Crippen LogP contribution in [0.5, 0.6) is 0 Å². The molecule has 0 N–H and O–H groups in total. The number of fused-ring (bicyclic) bond motifs is 1. The van der Waals surface area contributed by atoms with Gasteiger partial charge in [0.1, 0.15) is 5.82 Å². The Labute approximate surface area is 183 Å². The monoisotopic (exact) mass is 491 g/mol. The van der Waals surface area contributed by atoms with Crippen LogP contribution in [0.15, 0.2) is 51.8 Å². The van der Waals surface area contributed by atoms with Crippen molar-refractivity contribution < 1.29 is 17.9 Å². The Kier molecular flexibility index (Phi) is 5.69. The molecule has 0 saturated carbocycles. The summed E-state index contributed by atoms with van der Waals surface area (Å²) in [6.45, 7) is 0.403. The van der Waals surface area contributed by atoms with Crippen molar-refractivity contribution in [3.8, 4) is 0 Å². The number of aromatic nitrogens is 2. The zero-order chi connectivity index (χ0) is 21.5. The number of methoxy groups -OCH3 is 1. The van der Waals surface area contributed by atoms with Crippen molar-refractivity contribution >= 4 is 43.0 Å². The zero-order valence-corrected chi connectivity index (χ0v) is 19.1. The Morgan fingerprint density at radius 1 is 1.20 bits per heavy atom. The normalized spacial score (nSPS) is 17.9. The van der Waals surface area contributed by atoms with Gasteiger partial charge in [-0.2, -0.15) is 4.31 Å². The lowest BCUT2D eigenvalue weighted by molar-refractivity contribution is 0.0599. The molecule has 0 amide bonds. The number of esters is 1. The van der Waals surface area contributed by atoms with Gasteiger partial charge >= 0.3 is 5.97 Å². The molecule has 2 aromatic carbocycles. The Morgan fingerprint density at radius 2 is 1.97 bits per heavy atom. The number of hydrogen-bond donors (Lipinski definition) is 0. The second kappa shape index (κ2) is 8.13. The quantitative estimate of drug-likeness (QED) is 0.514. The first kappa shape index (κ1) is 21.0. The molecule has 1 fully saturated rings. The van der Waals surface area contributed by atoms with E-state index in [2.05, 4.69) is 15.9 Å². The van der Waals surface area contributed by atoms with Crippen LogP contribution in [0.4, 0.5) is 0 Å². The average Bonchev–Trinajstić information content (AvgIpc) is 3.10. The Morgan fingerprint density at radius 3 is 2.70 bits per heavy atom. The number of carbonyl (C=O) groups excluding carboxylic acids is 1. The van der Waals surface area contributed by atoms with Crippen LogP contribution in [0.25, 0.3) is 11.0 Å². The van der Waals surface area contributed by atoms with Crippen LogP contribution in [0, 0.1) is 0 Å². The first-order chi connectivity index (χ1) is 14.3. The van der Waals surface area contributed by atoms with Crippen molar-refractivity contribution in [3.63, 3.8) is 0 Å². The van der Waals surface area contributed by atoms with Gasteiger partial charge in [0.25, 0.3) is 0 Å². The van der Waals surface area contributed by atoms with Gasteiger partial charge in [0, 0.05) is 18.1 Å². The molecule has 7 nitrogen and oxygen atoms in total. The molecule has 1 aromatic heterocycles. The van der Waals surface area contributed by atoms with Gasteiger partial charge in [0.15, 0.2) is 0 Å². The number of rotatable bonds is 4. The number of ether oxygens (including phenoxy) is 1. The number of hydrogen-bond acceptors (Lipinski definition) is 5. The summed E-state index contributed by atoms with van der Waals surface area (Å²) in [5.74, 6) is 0.134. The molecule has 0 spiro atoms. The van der Waals surface area contributed by atoms with Gasteiger partial charge in [-0.15, -0.1) is 0 Å². The first-order valence-corrected chi connectivity index (χ1v) is 11.9. The molecule has 4 rings (SSSR count). The van der Waals surface area contributed by atoms with E-state index in [1.165, 1.54) is 23.5 Å². The highest BCUT2D eigenvalue weighted by atomic mass is 79.9. The largest absolute Gasteiger partial charge is 0.465 e. The van der Waals surface area contributed by atoms with E-state index in [1.807, 2.05) is 35.9 Å². The van der Waals surface area contributed by atoms with E-state index in [0.717, 1.165) is 29.7 Å². The number of piperidine rings is 1. The number of para-hydroxylation sites is 2. The van der Waals surface area contributed by atoms with Gasteiger partial charge in [-0.3, -0.25) is 0 Å². The number of aryl methyl sites for hydroxylation is 1. The minimum Gasteiger partial charge on any atom is -0.465 e. The van der Waals surface area contributed by atoms with Crippen molar-refractivity contribution in [2.45, 2.75) is 30.2 Å². The lowest BCUT2D eigenvalue weighted by atomic mass is 10.0. The van der Waals surface area contributed by atoms with Gasteiger partial charge in [0.2, 0.25) is 10.0 Å². The van der Waals surface area contributed by atoms with Crippen LogP contribution in [-0.2, 0) is 21.8 Å². The maximum Gasteiger partial charge on any atom is 0.339 e. The number of imidazole rings is 1. The van der Waals surface area contributed by atoms with Crippen LogP contribution in [0.2, 0.25) is 0 Å². The molecule has 1 saturated heterocycles. The van der Waals surface area contributed by atoms with Crippen molar-refractivity contribution in [2.24, 2.45) is 7.05 Å². The van der Waals surface area contributed by atoms with Gasteiger partial charge in [-0.05, 0) is 59.1 Å². The Balaban J connectivity index is 1.79. The topological polar surface area (TPSA) is 81.5 Å². The van der Waals surface area contributed by atoms with Crippen molar-refractivity contribution in [3.05, 3.63) is 58.3 Å². The van der Waals surface area contributed by atoms with Gasteiger partial charge in [0.05, 0.1) is 34.6 Å². The molecule has 9 heteroatoms. The van der Waals surface area contributed by atoms with Gasteiger partial charge in [-0.1, -0.05) is 18.6 Å². The highest BCUT2D eigenvalue weighted by Gasteiger charge is 2.37. The standard InChI is InChI=1S/C21H22BrN3O4S/c1-24-18-8-4-3-7-17(18)23-20(24)19-9-5-6-12-25(19)30(27,28)14-10-11-16(22)15(13-14)21(26)29-2/h3-4,7-8,10-11,13,19H,5-6,9,12H2,1-2H3. The lowest BCUT2D eigenvalue weighted by Gasteiger charge is -2.34. The molecule has 1 unspecified atom stereocenters. The summed E-state index contributed by atoms with van der Waals surface area (Å²) in [6.07, 6.45) is 2.39. The third-order valence-electron chi connectivity index (χ3n) is 5.52. The summed E-state index contributed by atoms with van der Waals surface area (Å²) in [5, 5.41) is 0. The summed E-state index contributed by atoms with van der Waals surface area (Å²) >= 11 is 3.29. The third kappa shape index (κ3) is 3.55. The minimum atomic E-state index is -3.84. The highest BCUT2D eigenvalue weighted by molar-refractivity contribution is 9.10. The molecule has 0 bridgehead atoms. The van der Waals surface area contributed by atoms with E-state index in [1.54, 1.807) is 6.07 Å². The Bertz CT molecular complexity index is 1220. The molecule has 30 heavy (non-hydrogen) atoms. The fraction of sp³-hybridized carbons (Fsp3) is 0.333. The number of halogens is 1. The maximum absolute atomic E-state index is 13.6. The van der Waals surface area contributed by atoms with Gasteiger partial charge in [-0.25, -0.2) is 18.2 Å². The number of carbonyl (C=O) groups is 1. The lowest BCUT2D eigenvalue weighted by Crippen LogP contribution is -2.39. The second-order valence-corrected chi connectivity index (χ2v) is 10.0. The predicted molar refractivity (Wildman–Crippen MR) is 117 cm³/mol. The number of sulfonamides is 1. The molecule has 158 valence electrons. The number of benzene rings is 2. The average molecular weight is 492 g/mol. The van der Waals surface area contributed by atoms with Crippen molar-refractivity contribution in [1.29, 1.82) is 0 Å². The van der Waals surface area contributed by atoms with E-state index >= 15 is 0 Å². The van der Waals surface area contributed by atoms with Crippen LogP contribution in [0.3, 0.4) is 0 Å². The van der Waals surface area contributed by atoms with Crippen molar-refractivity contribution in [2.75, 3.05) is 13.7 Å². The fourth-order valence-electron chi connectivity index (χ4n) is 3.98. The summed E-state index contributed by atoms with van der Waals surface area (Å²) in [6, 6.07) is 11.8.